The van der Waals surface area contributed by atoms with Gasteiger partial charge in [0.2, 0.25) is 0 Å². The number of fused-ring (bicyclic) bond motifs is 1. The van der Waals surface area contributed by atoms with E-state index in [0.717, 1.165) is 38.5 Å². The number of rotatable bonds is 13. The summed E-state index contributed by atoms with van der Waals surface area (Å²) in [7, 11) is 0. The van der Waals surface area contributed by atoms with Gasteiger partial charge in [-0.2, -0.15) is 0 Å². The van der Waals surface area contributed by atoms with Crippen LogP contribution in [0.1, 0.15) is 61.4 Å². The molecule has 1 heterocycles. The van der Waals surface area contributed by atoms with Crippen molar-refractivity contribution in [2.24, 2.45) is 0 Å². The summed E-state index contributed by atoms with van der Waals surface area (Å²) < 4.78 is 16.3. The van der Waals surface area contributed by atoms with Gasteiger partial charge in [0.25, 0.3) is 0 Å². The van der Waals surface area contributed by atoms with E-state index in [1.165, 1.54) is 0 Å². The molecule has 0 N–H and O–H groups in total. The van der Waals surface area contributed by atoms with Gasteiger partial charge in [-0.3, -0.25) is 4.79 Å². The van der Waals surface area contributed by atoms with Gasteiger partial charge >= 0.3 is 11.6 Å². The van der Waals surface area contributed by atoms with Crippen molar-refractivity contribution in [3.05, 3.63) is 88.3 Å². The molecule has 0 amide bonds. The van der Waals surface area contributed by atoms with E-state index in [1.807, 2.05) is 12.1 Å². The molecule has 0 atom stereocenters. The summed E-state index contributed by atoms with van der Waals surface area (Å²) in [6.45, 7) is 6.20. The second-order valence-corrected chi connectivity index (χ2v) is 8.23. The molecular weight excluding hydrogens is 432 g/mol. The fourth-order valence-electron chi connectivity index (χ4n) is 3.47. The number of ketones is 1. The molecule has 3 aromatic rings. The van der Waals surface area contributed by atoms with Crippen molar-refractivity contribution in [3.63, 3.8) is 0 Å². The molecule has 0 radical (unpaired) electrons. The topological polar surface area (TPSA) is 82.8 Å². The van der Waals surface area contributed by atoms with Crippen molar-refractivity contribution in [2.45, 2.75) is 45.4 Å². The molecule has 178 valence electrons. The minimum Gasteiger partial charge on any atom is -0.493 e. The first-order chi connectivity index (χ1) is 16.5. The van der Waals surface area contributed by atoms with Gasteiger partial charge in [-0.15, -0.1) is 0 Å². The van der Waals surface area contributed by atoms with Crippen LogP contribution in [0.4, 0.5) is 0 Å². The zero-order valence-electron chi connectivity index (χ0n) is 19.5. The lowest BCUT2D eigenvalue weighted by atomic mass is 10.0. The van der Waals surface area contributed by atoms with Gasteiger partial charge < -0.3 is 13.9 Å². The van der Waals surface area contributed by atoms with Gasteiger partial charge in [-0.1, -0.05) is 62.6 Å². The Bertz CT molecular complexity index is 1190. The number of carbonyl (C=O) groups excluding carboxylic acids is 2. The van der Waals surface area contributed by atoms with Crippen LogP contribution in [0, 0.1) is 0 Å². The smallest absolute Gasteiger partial charge is 0.347 e. The van der Waals surface area contributed by atoms with Gasteiger partial charge in [0.05, 0.1) is 13.2 Å². The van der Waals surface area contributed by atoms with Crippen LogP contribution in [0.2, 0.25) is 0 Å². The van der Waals surface area contributed by atoms with Crippen LogP contribution in [0.5, 0.6) is 5.75 Å². The van der Waals surface area contributed by atoms with Crippen LogP contribution in [0.3, 0.4) is 0 Å². The second-order valence-electron chi connectivity index (χ2n) is 8.23. The normalized spacial score (nSPS) is 10.7. The molecule has 0 aliphatic heterocycles. The largest absolute Gasteiger partial charge is 0.493 e. The van der Waals surface area contributed by atoms with Crippen LogP contribution in [0.15, 0.2) is 76.0 Å². The number of hydrogen-bond donors (Lipinski definition) is 0. The molecule has 0 unspecified atom stereocenters. The Morgan fingerprint density at radius 1 is 0.882 bits per heavy atom. The summed E-state index contributed by atoms with van der Waals surface area (Å²) in [5.74, 6) is -0.0622. The van der Waals surface area contributed by atoms with Gasteiger partial charge in [-0.25, -0.2) is 9.59 Å². The number of esters is 1. The maximum Gasteiger partial charge on any atom is 0.347 e. The van der Waals surface area contributed by atoms with Crippen molar-refractivity contribution in [3.8, 4) is 5.75 Å². The molecule has 0 fully saturated rings. The first-order valence-electron chi connectivity index (χ1n) is 11.6. The second kappa shape index (κ2) is 12.5. The number of benzene rings is 2. The Morgan fingerprint density at radius 2 is 1.56 bits per heavy atom. The average molecular weight is 463 g/mol. The number of hydrogen-bond acceptors (Lipinski definition) is 6. The van der Waals surface area contributed by atoms with Crippen molar-refractivity contribution in [1.29, 1.82) is 0 Å². The quantitative estimate of drug-likeness (QED) is 0.104. The molecule has 2 aromatic carbocycles. The number of unbranched alkanes of at least 4 members (excludes halogenated alkanes) is 5. The van der Waals surface area contributed by atoms with Crippen LogP contribution in [-0.2, 0) is 9.53 Å². The van der Waals surface area contributed by atoms with Gasteiger partial charge in [0.15, 0.2) is 5.78 Å². The Morgan fingerprint density at radius 3 is 2.26 bits per heavy atom. The summed E-state index contributed by atoms with van der Waals surface area (Å²) in [6, 6.07) is 15.5. The van der Waals surface area contributed by atoms with E-state index in [9.17, 15) is 14.4 Å². The Balaban J connectivity index is 1.41. The van der Waals surface area contributed by atoms with E-state index >= 15 is 0 Å². The number of carbonyl (C=O) groups is 2. The molecule has 0 saturated heterocycles. The summed E-state index contributed by atoms with van der Waals surface area (Å²) in [5.41, 5.74) is 0.616. The molecule has 34 heavy (non-hydrogen) atoms. The molecule has 1 aromatic heterocycles. The Hall–Kier alpha value is -3.67. The highest BCUT2D eigenvalue weighted by atomic mass is 16.5. The minimum absolute atomic E-state index is 0.0151. The molecule has 0 aliphatic rings. The zero-order chi connectivity index (χ0) is 24.3. The van der Waals surface area contributed by atoms with E-state index in [2.05, 4.69) is 6.58 Å². The van der Waals surface area contributed by atoms with Gasteiger partial charge in [0, 0.05) is 22.6 Å². The third kappa shape index (κ3) is 7.17. The molecule has 6 nitrogen and oxygen atoms in total. The van der Waals surface area contributed by atoms with E-state index in [4.69, 9.17) is 13.9 Å². The standard InChI is InChI=1S/C28H30O6/c1-20(2)27(30)33-17-11-6-4-3-5-10-16-32-23-15-14-22-18-24(28(31)34-25(22)19-23)26(29)21-12-8-7-9-13-21/h7-9,12-15,18-19H,1,3-6,10-11,16-17H2,2H3. The number of ether oxygens (including phenoxy) is 2. The highest BCUT2D eigenvalue weighted by molar-refractivity contribution is 6.09. The predicted molar refractivity (Wildman–Crippen MR) is 131 cm³/mol. The maximum atomic E-state index is 12.6. The molecule has 6 heteroatoms. The fourth-order valence-corrected chi connectivity index (χ4v) is 3.47. The lowest BCUT2D eigenvalue weighted by Crippen LogP contribution is -2.14. The Labute approximate surface area is 199 Å². The van der Waals surface area contributed by atoms with Crippen LogP contribution in [0.25, 0.3) is 11.0 Å². The predicted octanol–water partition coefficient (Wildman–Crippen LogP) is 5.86. The van der Waals surface area contributed by atoms with E-state index < -0.39 is 5.63 Å². The zero-order valence-corrected chi connectivity index (χ0v) is 19.5. The maximum absolute atomic E-state index is 12.6. The van der Waals surface area contributed by atoms with Crippen LogP contribution in [-0.4, -0.2) is 25.0 Å². The summed E-state index contributed by atoms with van der Waals surface area (Å²) in [6.07, 6.45) is 5.99. The van der Waals surface area contributed by atoms with E-state index in [1.54, 1.807) is 49.4 Å². The monoisotopic (exact) mass is 462 g/mol. The summed E-state index contributed by atoms with van der Waals surface area (Å²) >= 11 is 0. The first kappa shape index (κ1) is 25.0. The summed E-state index contributed by atoms with van der Waals surface area (Å²) in [4.78, 5) is 36.3. The average Bonchev–Trinajstić information content (AvgIpc) is 2.84. The molecule has 0 saturated carbocycles. The van der Waals surface area contributed by atoms with Crippen molar-refractivity contribution >= 4 is 22.7 Å². The lowest BCUT2D eigenvalue weighted by Gasteiger charge is -2.08. The Kier molecular flexibility index (Phi) is 9.21. The SMILES string of the molecule is C=C(C)C(=O)OCCCCCCCCOc1ccc2cc(C(=O)c3ccccc3)c(=O)oc2c1. The van der Waals surface area contributed by atoms with Crippen LogP contribution < -0.4 is 10.4 Å². The van der Waals surface area contributed by atoms with Crippen molar-refractivity contribution < 1.29 is 23.5 Å². The fraction of sp³-hybridized carbons (Fsp3) is 0.321. The van der Waals surface area contributed by atoms with Crippen LogP contribution >= 0.6 is 0 Å². The van der Waals surface area contributed by atoms with E-state index in [0.29, 0.717) is 41.1 Å². The molecule has 0 spiro atoms. The highest BCUT2D eigenvalue weighted by Crippen LogP contribution is 2.22. The lowest BCUT2D eigenvalue weighted by molar-refractivity contribution is -0.139. The van der Waals surface area contributed by atoms with Gasteiger partial charge in [0.1, 0.15) is 16.9 Å². The minimum atomic E-state index is -0.659. The highest BCUT2D eigenvalue weighted by Gasteiger charge is 2.15. The van der Waals surface area contributed by atoms with Crippen molar-refractivity contribution in [1.82, 2.24) is 0 Å². The third-order valence-corrected chi connectivity index (χ3v) is 5.38. The van der Waals surface area contributed by atoms with E-state index in [-0.39, 0.29) is 17.3 Å². The van der Waals surface area contributed by atoms with Crippen molar-refractivity contribution in [2.75, 3.05) is 13.2 Å². The third-order valence-electron chi connectivity index (χ3n) is 5.38. The van der Waals surface area contributed by atoms with Gasteiger partial charge in [-0.05, 0) is 38.0 Å². The molecule has 3 rings (SSSR count). The first-order valence-corrected chi connectivity index (χ1v) is 11.6. The molecular formula is C28H30O6. The molecule has 0 aliphatic carbocycles. The summed E-state index contributed by atoms with van der Waals surface area (Å²) in [5, 5.41) is 0.667. The molecule has 0 bridgehead atoms.